The monoisotopic (exact) mass is 368 g/mol. The maximum absolute atomic E-state index is 12.2. The molecule has 1 aromatic carbocycles. The number of nitrogens with one attached hydrogen (secondary N) is 1. The highest BCUT2D eigenvalue weighted by Crippen LogP contribution is 2.33. The molecule has 0 spiro atoms. The fourth-order valence-corrected chi connectivity index (χ4v) is 2.52. The summed E-state index contributed by atoms with van der Waals surface area (Å²) >= 11 is 0. The minimum atomic E-state index is -0.364. The van der Waals surface area contributed by atoms with Gasteiger partial charge in [-0.25, -0.2) is 4.98 Å². The SMILES string of the molecule is COCCOc1ccccc1-c1ccc(NC(=O)c2conc2C)nc1N. The summed E-state index contributed by atoms with van der Waals surface area (Å²) in [6.45, 7) is 2.59. The van der Waals surface area contributed by atoms with Crippen LogP contribution in [0.25, 0.3) is 11.1 Å². The molecule has 0 saturated heterocycles. The summed E-state index contributed by atoms with van der Waals surface area (Å²) in [7, 11) is 1.62. The molecule has 0 aliphatic carbocycles. The second-order valence-electron chi connectivity index (χ2n) is 5.73. The van der Waals surface area contributed by atoms with Gasteiger partial charge in [0, 0.05) is 18.2 Å². The van der Waals surface area contributed by atoms with Crippen LogP contribution in [0, 0.1) is 6.92 Å². The average molecular weight is 368 g/mol. The first-order chi connectivity index (χ1) is 13.1. The predicted octanol–water partition coefficient (Wildman–Crippen LogP) is 2.90. The van der Waals surface area contributed by atoms with Gasteiger partial charge in [-0.15, -0.1) is 0 Å². The first-order valence-corrected chi connectivity index (χ1v) is 8.30. The van der Waals surface area contributed by atoms with Gasteiger partial charge in [-0.2, -0.15) is 0 Å². The Morgan fingerprint density at radius 1 is 1.19 bits per heavy atom. The van der Waals surface area contributed by atoms with Gasteiger partial charge in [0.15, 0.2) is 0 Å². The lowest BCUT2D eigenvalue weighted by atomic mass is 10.1. The van der Waals surface area contributed by atoms with Crippen LogP contribution < -0.4 is 15.8 Å². The van der Waals surface area contributed by atoms with Crippen molar-refractivity contribution in [1.29, 1.82) is 0 Å². The highest BCUT2D eigenvalue weighted by atomic mass is 16.5. The molecule has 0 saturated carbocycles. The van der Waals surface area contributed by atoms with Crippen molar-refractivity contribution in [2.75, 3.05) is 31.4 Å². The molecule has 140 valence electrons. The van der Waals surface area contributed by atoms with Gasteiger partial charge in [-0.1, -0.05) is 23.4 Å². The van der Waals surface area contributed by atoms with E-state index in [0.29, 0.717) is 41.6 Å². The first-order valence-electron chi connectivity index (χ1n) is 8.30. The summed E-state index contributed by atoms with van der Waals surface area (Å²) in [5.41, 5.74) is 8.49. The summed E-state index contributed by atoms with van der Waals surface area (Å²) in [6, 6.07) is 11.0. The summed E-state index contributed by atoms with van der Waals surface area (Å²) in [5.74, 6) is 0.925. The van der Waals surface area contributed by atoms with Crippen LogP contribution in [-0.2, 0) is 4.74 Å². The minimum absolute atomic E-state index is 0.276. The molecule has 2 aromatic heterocycles. The van der Waals surface area contributed by atoms with Crippen molar-refractivity contribution in [1.82, 2.24) is 10.1 Å². The second kappa shape index (κ2) is 8.33. The Balaban J connectivity index is 1.81. The number of anilines is 2. The normalized spacial score (nSPS) is 10.6. The number of aryl methyl sites for hydroxylation is 1. The molecular weight excluding hydrogens is 348 g/mol. The number of ether oxygens (including phenoxy) is 2. The van der Waals surface area contributed by atoms with E-state index in [1.54, 1.807) is 26.2 Å². The van der Waals surface area contributed by atoms with Crippen molar-refractivity contribution >= 4 is 17.5 Å². The number of carbonyl (C=O) groups excluding carboxylic acids is 1. The number of hydrogen-bond donors (Lipinski definition) is 2. The number of nitrogen functional groups attached to an aromatic ring is 1. The molecule has 0 bridgehead atoms. The van der Waals surface area contributed by atoms with Gasteiger partial charge in [0.25, 0.3) is 5.91 Å². The number of nitrogens with zero attached hydrogens (tertiary/aromatic N) is 2. The molecule has 3 aromatic rings. The number of pyridine rings is 1. The van der Waals surface area contributed by atoms with Crippen LogP contribution in [0.4, 0.5) is 11.6 Å². The molecule has 8 nitrogen and oxygen atoms in total. The van der Waals surface area contributed by atoms with Gasteiger partial charge in [0.05, 0.1) is 12.3 Å². The van der Waals surface area contributed by atoms with Crippen LogP contribution in [0.5, 0.6) is 5.75 Å². The highest BCUT2D eigenvalue weighted by molar-refractivity contribution is 6.04. The Kier molecular flexibility index (Phi) is 5.68. The standard InChI is InChI=1S/C19H20N4O4/c1-12-15(11-27-23-12)19(24)22-17-8-7-14(18(20)21-17)13-5-3-4-6-16(13)26-10-9-25-2/h3-8,11H,9-10H2,1-2H3,(H3,20,21,22,24). The molecule has 0 aliphatic heterocycles. The van der Waals surface area contributed by atoms with Crippen LogP contribution in [0.15, 0.2) is 47.2 Å². The number of para-hydroxylation sites is 1. The van der Waals surface area contributed by atoms with Gasteiger partial charge in [0.2, 0.25) is 0 Å². The van der Waals surface area contributed by atoms with E-state index >= 15 is 0 Å². The lowest BCUT2D eigenvalue weighted by Gasteiger charge is -2.13. The fourth-order valence-electron chi connectivity index (χ4n) is 2.52. The summed E-state index contributed by atoms with van der Waals surface area (Å²) in [5, 5.41) is 6.37. The van der Waals surface area contributed by atoms with E-state index in [2.05, 4.69) is 15.5 Å². The van der Waals surface area contributed by atoms with Crippen LogP contribution in [0.3, 0.4) is 0 Å². The number of amides is 1. The Morgan fingerprint density at radius 3 is 2.70 bits per heavy atom. The van der Waals surface area contributed by atoms with E-state index < -0.39 is 0 Å². The second-order valence-corrected chi connectivity index (χ2v) is 5.73. The van der Waals surface area contributed by atoms with Crippen molar-refractivity contribution in [2.24, 2.45) is 0 Å². The molecule has 0 atom stereocenters. The lowest BCUT2D eigenvalue weighted by molar-refractivity contribution is 0.102. The quantitative estimate of drug-likeness (QED) is 0.617. The Hall–Kier alpha value is -3.39. The number of rotatable bonds is 7. The van der Waals surface area contributed by atoms with Crippen molar-refractivity contribution in [2.45, 2.75) is 6.92 Å². The van der Waals surface area contributed by atoms with E-state index in [9.17, 15) is 4.79 Å². The third kappa shape index (κ3) is 4.24. The van der Waals surface area contributed by atoms with Crippen LogP contribution in [-0.4, -0.2) is 36.4 Å². The van der Waals surface area contributed by atoms with Crippen LogP contribution in [0.1, 0.15) is 16.1 Å². The van der Waals surface area contributed by atoms with Crippen molar-refractivity contribution < 1.29 is 18.8 Å². The molecule has 27 heavy (non-hydrogen) atoms. The predicted molar refractivity (Wildman–Crippen MR) is 101 cm³/mol. The number of nitrogens with two attached hydrogens (primary N) is 1. The zero-order valence-corrected chi connectivity index (χ0v) is 15.1. The third-order valence-corrected chi connectivity index (χ3v) is 3.88. The molecule has 8 heteroatoms. The van der Waals surface area contributed by atoms with Crippen molar-refractivity contribution in [3.63, 3.8) is 0 Å². The fraction of sp³-hybridized carbons (Fsp3) is 0.211. The van der Waals surface area contributed by atoms with Gasteiger partial charge < -0.3 is 25.0 Å². The molecule has 2 heterocycles. The Labute approximate surface area is 156 Å². The number of benzene rings is 1. The van der Waals surface area contributed by atoms with Gasteiger partial charge in [0.1, 0.15) is 35.8 Å². The van der Waals surface area contributed by atoms with Crippen LogP contribution >= 0.6 is 0 Å². The van der Waals surface area contributed by atoms with Crippen molar-refractivity contribution in [3.05, 3.63) is 53.9 Å². The molecule has 0 fully saturated rings. The topological polar surface area (TPSA) is 112 Å². The molecule has 0 aliphatic rings. The number of methoxy groups -OCH3 is 1. The van der Waals surface area contributed by atoms with E-state index in [1.807, 2.05) is 24.3 Å². The Bertz CT molecular complexity index is 939. The zero-order valence-electron chi connectivity index (χ0n) is 15.1. The number of hydrogen-bond acceptors (Lipinski definition) is 7. The molecule has 1 amide bonds. The van der Waals surface area contributed by atoms with E-state index in [1.165, 1.54) is 6.26 Å². The third-order valence-electron chi connectivity index (χ3n) is 3.88. The molecule has 0 unspecified atom stereocenters. The van der Waals surface area contributed by atoms with Crippen molar-refractivity contribution in [3.8, 4) is 16.9 Å². The first kappa shape index (κ1) is 18.4. The average Bonchev–Trinajstić information content (AvgIpc) is 3.09. The zero-order chi connectivity index (χ0) is 19.2. The minimum Gasteiger partial charge on any atom is -0.491 e. The van der Waals surface area contributed by atoms with E-state index in [-0.39, 0.29) is 11.7 Å². The smallest absolute Gasteiger partial charge is 0.262 e. The van der Waals surface area contributed by atoms with Gasteiger partial charge >= 0.3 is 0 Å². The maximum Gasteiger partial charge on any atom is 0.262 e. The summed E-state index contributed by atoms with van der Waals surface area (Å²) in [4.78, 5) is 16.5. The highest BCUT2D eigenvalue weighted by Gasteiger charge is 2.15. The largest absolute Gasteiger partial charge is 0.491 e. The molecular formula is C19H20N4O4. The van der Waals surface area contributed by atoms with Gasteiger partial charge in [-0.05, 0) is 25.1 Å². The lowest BCUT2D eigenvalue weighted by Crippen LogP contribution is -2.14. The number of aromatic nitrogens is 2. The summed E-state index contributed by atoms with van der Waals surface area (Å²) < 4.78 is 15.5. The van der Waals surface area contributed by atoms with Crippen LogP contribution in [0.2, 0.25) is 0 Å². The maximum atomic E-state index is 12.2. The molecule has 3 rings (SSSR count). The van der Waals surface area contributed by atoms with E-state index in [4.69, 9.17) is 19.7 Å². The Morgan fingerprint density at radius 2 is 2.00 bits per heavy atom. The van der Waals surface area contributed by atoms with E-state index in [0.717, 1.165) is 5.56 Å². The molecule has 3 N–H and O–H groups in total. The number of carbonyl (C=O) groups is 1. The molecule has 0 radical (unpaired) electrons. The van der Waals surface area contributed by atoms with Gasteiger partial charge in [-0.3, -0.25) is 4.79 Å². The summed E-state index contributed by atoms with van der Waals surface area (Å²) in [6.07, 6.45) is 1.29.